The minimum Gasteiger partial charge on any atom is -0.506 e. The van der Waals surface area contributed by atoms with Gasteiger partial charge in [0.15, 0.2) is 0 Å². The largest absolute Gasteiger partial charge is 0.506 e. The summed E-state index contributed by atoms with van der Waals surface area (Å²) in [6.45, 7) is 0. The molecule has 3 aromatic carbocycles. The van der Waals surface area contributed by atoms with Crippen LogP contribution in [0.1, 0.15) is 0 Å². The second-order valence-electron chi connectivity index (χ2n) is 5.13. The first-order chi connectivity index (χ1) is 10.8. The van der Waals surface area contributed by atoms with Crippen LogP contribution in [0.2, 0.25) is 0 Å². The molecule has 1 aromatic heterocycles. The molecule has 22 heavy (non-hydrogen) atoms. The lowest BCUT2D eigenvalue weighted by atomic mass is 10.1. The Morgan fingerprint density at radius 2 is 1.41 bits per heavy atom. The van der Waals surface area contributed by atoms with Crippen LogP contribution in [0.25, 0.3) is 27.8 Å². The highest BCUT2D eigenvalue weighted by Crippen LogP contribution is 2.31. The Kier molecular flexibility index (Phi) is 2.90. The lowest BCUT2D eigenvalue weighted by molar-refractivity contribution is 0.471. The molecule has 0 amide bonds. The Balaban J connectivity index is 2.04. The predicted octanol–water partition coefficient (Wildman–Crippen LogP) is 4.40. The van der Waals surface area contributed by atoms with Crippen molar-refractivity contribution in [1.29, 1.82) is 0 Å². The number of hydrogen-bond donors (Lipinski definition) is 1. The highest BCUT2D eigenvalue weighted by molar-refractivity contribution is 5.94. The van der Waals surface area contributed by atoms with Gasteiger partial charge in [-0.1, -0.05) is 60.7 Å². The van der Waals surface area contributed by atoms with Gasteiger partial charge in [-0.05, 0) is 18.2 Å². The summed E-state index contributed by atoms with van der Waals surface area (Å²) in [6, 6.07) is 25.4. The average Bonchev–Trinajstić information content (AvgIpc) is 2.96. The summed E-state index contributed by atoms with van der Waals surface area (Å²) >= 11 is 0. The van der Waals surface area contributed by atoms with Crippen molar-refractivity contribution < 1.29 is 5.11 Å². The third-order valence-corrected chi connectivity index (χ3v) is 3.74. The van der Waals surface area contributed by atoms with E-state index in [2.05, 4.69) is 6.07 Å². The molecule has 0 aliphatic carbocycles. The van der Waals surface area contributed by atoms with Gasteiger partial charge >= 0.3 is 0 Å². The molecule has 4 aromatic rings. The van der Waals surface area contributed by atoms with Crippen LogP contribution in [0.5, 0.6) is 5.75 Å². The number of hydrogen-bond acceptors (Lipinski definition) is 2. The zero-order valence-corrected chi connectivity index (χ0v) is 11.8. The molecule has 106 valence electrons. The molecule has 3 heteroatoms. The molecule has 0 bridgehead atoms. The summed E-state index contributed by atoms with van der Waals surface area (Å²) < 4.78 is 1.80. The van der Waals surface area contributed by atoms with Gasteiger partial charge < -0.3 is 5.11 Å². The molecule has 0 saturated heterocycles. The maximum atomic E-state index is 10.1. The Labute approximate surface area is 128 Å². The molecule has 0 aliphatic rings. The van der Waals surface area contributed by atoms with Gasteiger partial charge in [0.2, 0.25) is 0 Å². The van der Waals surface area contributed by atoms with Gasteiger partial charge in [0.1, 0.15) is 17.1 Å². The second-order valence-corrected chi connectivity index (χ2v) is 5.13. The Hall–Kier alpha value is -3.07. The minimum atomic E-state index is 0.218. The van der Waals surface area contributed by atoms with Crippen molar-refractivity contribution in [3.8, 4) is 22.7 Å². The zero-order valence-electron chi connectivity index (χ0n) is 11.8. The molecule has 1 heterocycles. The lowest BCUT2D eigenvalue weighted by Crippen LogP contribution is -1.96. The molecule has 0 unspecified atom stereocenters. The van der Waals surface area contributed by atoms with E-state index in [9.17, 15) is 5.11 Å². The number of nitrogens with zero attached hydrogens (tertiary/aromatic N) is 2. The van der Waals surface area contributed by atoms with Crippen LogP contribution in [0.4, 0.5) is 0 Å². The van der Waals surface area contributed by atoms with E-state index in [0.29, 0.717) is 5.69 Å². The van der Waals surface area contributed by atoms with E-state index in [1.165, 1.54) is 0 Å². The molecule has 0 atom stereocenters. The maximum Gasteiger partial charge on any atom is 0.141 e. The Morgan fingerprint density at radius 1 is 0.727 bits per heavy atom. The maximum absolute atomic E-state index is 10.1. The first-order valence-corrected chi connectivity index (χ1v) is 7.16. The third kappa shape index (κ3) is 1.95. The molecule has 3 nitrogen and oxygen atoms in total. The van der Waals surface area contributed by atoms with Crippen LogP contribution in [0.3, 0.4) is 0 Å². The van der Waals surface area contributed by atoms with E-state index in [4.69, 9.17) is 5.10 Å². The number of aromatic nitrogens is 2. The van der Waals surface area contributed by atoms with Crippen LogP contribution in [-0.2, 0) is 0 Å². The number of phenolic OH excluding ortho intramolecular Hbond substituents is 1. The van der Waals surface area contributed by atoms with Gasteiger partial charge in [-0.2, -0.15) is 5.10 Å². The van der Waals surface area contributed by atoms with Crippen molar-refractivity contribution in [3.63, 3.8) is 0 Å². The number of phenols is 1. The van der Waals surface area contributed by atoms with Crippen molar-refractivity contribution in [2.24, 2.45) is 0 Å². The normalized spacial score (nSPS) is 10.9. The summed E-state index contributed by atoms with van der Waals surface area (Å²) in [6.07, 6.45) is 0. The summed E-state index contributed by atoms with van der Waals surface area (Å²) in [5, 5.41) is 16.0. The Bertz CT molecular complexity index is 942. The fourth-order valence-electron chi connectivity index (χ4n) is 2.70. The standard InChI is InChI=1S/C19H14N2O/c22-18-13-7-6-12-17(18)21-16-11-5-4-10-15(16)19(20-21)14-8-2-1-3-9-14/h1-13,22H. The molecule has 0 fully saturated rings. The highest BCUT2D eigenvalue weighted by Gasteiger charge is 2.14. The molecule has 0 spiro atoms. The number of benzene rings is 3. The van der Waals surface area contributed by atoms with Crippen molar-refractivity contribution >= 4 is 10.9 Å². The molecular formula is C19H14N2O. The lowest BCUT2D eigenvalue weighted by Gasteiger charge is -2.05. The first-order valence-electron chi connectivity index (χ1n) is 7.16. The van der Waals surface area contributed by atoms with Crippen LogP contribution < -0.4 is 0 Å². The molecule has 0 aliphatic heterocycles. The van der Waals surface area contributed by atoms with Gasteiger partial charge in [0.05, 0.1) is 5.52 Å². The van der Waals surface area contributed by atoms with E-state index in [0.717, 1.165) is 22.2 Å². The van der Waals surface area contributed by atoms with E-state index in [1.807, 2.05) is 66.7 Å². The van der Waals surface area contributed by atoms with Gasteiger partial charge in [-0.15, -0.1) is 0 Å². The van der Waals surface area contributed by atoms with Gasteiger partial charge in [0, 0.05) is 10.9 Å². The summed E-state index contributed by atoms with van der Waals surface area (Å²) in [5.41, 5.74) is 3.64. The van der Waals surface area contributed by atoms with E-state index >= 15 is 0 Å². The van der Waals surface area contributed by atoms with E-state index in [-0.39, 0.29) is 5.75 Å². The van der Waals surface area contributed by atoms with Crippen molar-refractivity contribution in [3.05, 3.63) is 78.9 Å². The fraction of sp³-hybridized carbons (Fsp3) is 0. The second kappa shape index (κ2) is 5.04. The van der Waals surface area contributed by atoms with Crippen LogP contribution in [0, 0.1) is 0 Å². The molecular weight excluding hydrogens is 272 g/mol. The van der Waals surface area contributed by atoms with Crippen molar-refractivity contribution in [2.75, 3.05) is 0 Å². The number of fused-ring (bicyclic) bond motifs is 1. The van der Waals surface area contributed by atoms with Crippen molar-refractivity contribution in [2.45, 2.75) is 0 Å². The summed E-state index contributed by atoms with van der Waals surface area (Å²) in [5.74, 6) is 0.218. The van der Waals surface area contributed by atoms with E-state index < -0.39 is 0 Å². The van der Waals surface area contributed by atoms with Gasteiger partial charge in [-0.3, -0.25) is 0 Å². The SMILES string of the molecule is Oc1ccccc1-n1nc(-c2ccccc2)c2ccccc21. The molecule has 1 N–H and O–H groups in total. The topological polar surface area (TPSA) is 38.0 Å². The number of aromatic hydroxyl groups is 1. The smallest absolute Gasteiger partial charge is 0.141 e. The molecule has 0 saturated carbocycles. The first kappa shape index (κ1) is 12.7. The number of para-hydroxylation sites is 3. The van der Waals surface area contributed by atoms with Crippen LogP contribution >= 0.6 is 0 Å². The van der Waals surface area contributed by atoms with Gasteiger partial charge in [0.25, 0.3) is 0 Å². The summed E-state index contributed by atoms with van der Waals surface area (Å²) in [4.78, 5) is 0. The number of rotatable bonds is 2. The predicted molar refractivity (Wildman–Crippen MR) is 88.2 cm³/mol. The van der Waals surface area contributed by atoms with Crippen LogP contribution in [-0.4, -0.2) is 14.9 Å². The van der Waals surface area contributed by atoms with Crippen molar-refractivity contribution in [1.82, 2.24) is 9.78 Å². The highest BCUT2D eigenvalue weighted by atomic mass is 16.3. The van der Waals surface area contributed by atoms with Crippen LogP contribution in [0.15, 0.2) is 78.9 Å². The third-order valence-electron chi connectivity index (χ3n) is 3.74. The molecule has 4 rings (SSSR count). The zero-order chi connectivity index (χ0) is 14.9. The minimum absolute atomic E-state index is 0.218. The summed E-state index contributed by atoms with van der Waals surface area (Å²) in [7, 11) is 0. The average molecular weight is 286 g/mol. The Morgan fingerprint density at radius 3 is 2.23 bits per heavy atom. The monoisotopic (exact) mass is 286 g/mol. The van der Waals surface area contributed by atoms with E-state index in [1.54, 1.807) is 10.7 Å². The molecule has 0 radical (unpaired) electrons. The quantitative estimate of drug-likeness (QED) is 0.593. The fourth-order valence-corrected chi connectivity index (χ4v) is 2.70. The van der Waals surface area contributed by atoms with Gasteiger partial charge in [-0.25, -0.2) is 4.68 Å².